The number of hydrogen-bond acceptors (Lipinski definition) is 1. The van der Waals surface area contributed by atoms with Gasteiger partial charge >= 0.3 is 0 Å². The molecule has 0 fully saturated rings. The van der Waals surface area contributed by atoms with Gasteiger partial charge in [0.25, 0.3) is 5.69 Å². The van der Waals surface area contributed by atoms with Gasteiger partial charge in [0.1, 0.15) is 13.2 Å². The van der Waals surface area contributed by atoms with Crippen LogP contribution in [0.15, 0.2) is 36.5 Å². The van der Waals surface area contributed by atoms with Gasteiger partial charge in [-0.25, -0.2) is 0 Å². The molecule has 0 aliphatic carbocycles. The molecule has 3 rings (SSSR count). The van der Waals surface area contributed by atoms with E-state index >= 15 is 0 Å². The van der Waals surface area contributed by atoms with E-state index in [0.29, 0.717) is 0 Å². The van der Waals surface area contributed by atoms with E-state index in [0.717, 1.165) is 5.75 Å². The summed E-state index contributed by atoms with van der Waals surface area (Å²) in [6.07, 6.45) is 2.19. The third kappa shape index (κ3) is 1.44. The Morgan fingerprint density at radius 1 is 1.18 bits per heavy atom. The first kappa shape index (κ1) is 10.3. The lowest BCUT2D eigenvalue weighted by atomic mass is 9.93. The standard InChI is InChI=1S/C15H16NO/c1-10-6-4-7-12-11(2)17-13-8-5-9-16(3)15(13)14(10)12/h4-9,11H,1-3H3/q+1. The highest BCUT2D eigenvalue weighted by Crippen LogP contribution is 2.41. The van der Waals surface area contributed by atoms with Crippen molar-refractivity contribution >= 4 is 0 Å². The van der Waals surface area contributed by atoms with E-state index in [1.165, 1.54) is 22.4 Å². The van der Waals surface area contributed by atoms with Crippen LogP contribution in [0, 0.1) is 6.92 Å². The highest BCUT2D eigenvalue weighted by molar-refractivity contribution is 5.72. The molecule has 1 aliphatic heterocycles. The first-order valence-corrected chi connectivity index (χ1v) is 5.93. The van der Waals surface area contributed by atoms with E-state index in [4.69, 9.17) is 4.74 Å². The van der Waals surface area contributed by atoms with Gasteiger partial charge in [-0.3, -0.25) is 0 Å². The van der Waals surface area contributed by atoms with E-state index in [1.807, 2.05) is 12.1 Å². The van der Waals surface area contributed by atoms with Gasteiger partial charge in [-0.2, -0.15) is 4.57 Å². The molecule has 1 aromatic heterocycles. The van der Waals surface area contributed by atoms with Crippen molar-refractivity contribution in [1.29, 1.82) is 0 Å². The van der Waals surface area contributed by atoms with Gasteiger partial charge in [0.05, 0.1) is 5.56 Å². The first-order chi connectivity index (χ1) is 8.18. The van der Waals surface area contributed by atoms with Crippen LogP contribution >= 0.6 is 0 Å². The van der Waals surface area contributed by atoms with Crippen LogP contribution in [0.3, 0.4) is 0 Å². The highest BCUT2D eigenvalue weighted by atomic mass is 16.5. The molecule has 0 saturated carbocycles. The van der Waals surface area contributed by atoms with Crippen LogP contribution in [-0.2, 0) is 7.05 Å². The van der Waals surface area contributed by atoms with Gasteiger partial charge in [-0.1, -0.05) is 18.2 Å². The molecular formula is C15H16NO+. The molecule has 1 atom stereocenters. The molecule has 0 saturated heterocycles. The van der Waals surface area contributed by atoms with Crippen molar-refractivity contribution in [2.75, 3.05) is 0 Å². The van der Waals surface area contributed by atoms with Crippen molar-refractivity contribution in [1.82, 2.24) is 0 Å². The number of rotatable bonds is 0. The van der Waals surface area contributed by atoms with Crippen LogP contribution in [0.2, 0.25) is 0 Å². The second kappa shape index (κ2) is 3.59. The first-order valence-electron chi connectivity index (χ1n) is 5.93. The fourth-order valence-electron chi connectivity index (χ4n) is 2.59. The number of nitrogens with zero attached hydrogens (tertiary/aromatic N) is 1. The summed E-state index contributed by atoms with van der Waals surface area (Å²) in [5, 5.41) is 0. The molecule has 1 unspecified atom stereocenters. The number of aryl methyl sites for hydroxylation is 2. The van der Waals surface area contributed by atoms with Crippen molar-refractivity contribution in [2.45, 2.75) is 20.0 Å². The third-order valence-electron chi connectivity index (χ3n) is 3.43. The molecular weight excluding hydrogens is 210 g/mol. The van der Waals surface area contributed by atoms with Crippen molar-refractivity contribution in [2.24, 2.45) is 7.05 Å². The Morgan fingerprint density at radius 2 is 2.00 bits per heavy atom. The summed E-state index contributed by atoms with van der Waals surface area (Å²) in [4.78, 5) is 0. The lowest BCUT2D eigenvalue weighted by Gasteiger charge is -2.25. The maximum atomic E-state index is 5.97. The highest BCUT2D eigenvalue weighted by Gasteiger charge is 2.30. The Morgan fingerprint density at radius 3 is 2.82 bits per heavy atom. The molecule has 2 aromatic rings. The maximum Gasteiger partial charge on any atom is 0.255 e. The van der Waals surface area contributed by atoms with Crippen LogP contribution < -0.4 is 9.30 Å². The summed E-state index contributed by atoms with van der Waals surface area (Å²) < 4.78 is 8.11. The second-order valence-corrected chi connectivity index (χ2v) is 4.63. The van der Waals surface area contributed by atoms with Crippen LogP contribution in [0.1, 0.15) is 24.2 Å². The SMILES string of the molecule is Cc1cccc2c1-c1c(ccc[n+]1C)OC2C. The molecule has 0 N–H and O–H groups in total. The number of benzene rings is 1. The zero-order valence-corrected chi connectivity index (χ0v) is 10.4. The Labute approximate surface area is 101 Å². The molecule has 17 heavy (non-hydrogen) atoms. The molecule has 1 aliphatic rings. The quantitative estimate of drug-likeness (QED) is 0.629. The smallest absolute Gasteiger partial charge is 0.255 e. The van der Waals surface area contributed by atoms with Crippen LogP contribution in [-0.4, -0.2) is 0 Å². The Bertz CT molecular complexity index is 589. The lowest BCUT2D eigenvalue weighted by molar-refractivity contribution is -0.661. The minimum atomic E-state index is 0.125. The van der Waals surface area contributed by atoms with Crippen LogP contribution in [0.25, 0.3) is 11.3 Å². The van der Waals surface area contributed by atoms with Gasteiger partial charge < -0.3 is 4.74 Å². The van der Waals surface area contributed by atoms with Gasteiger partial charge in [0, 0.05) is 11.6 Å². The summed E-state index contributed by atoms with van der Waals surface area (Å²) in [5.74, 6) is 0.976. The van der Waals surface area contributed by atoms with Gasteiger partial charge in [-0.05, 0) is 25.5 Å². The summed E-state index contributed by atoms with van der Waals surface area (Å²) in [6, 6.07) is 10.5. The van der Waals surface area contributed by atoms with Gasteiger partial charge in [-0.15, -0.1) is 0 Å². The van der Waals surface area contributed by atoms with E-state index in [9.17, 15) is 0 Å². The molecule has 1 aromatic carbocycles. The Balaban J connectivity index is 2.39. The molecule has 0 spiro atoms. The predicted octanol–water partition coefficient (Wildman–Crippen LogP) is 2.94. The topological polar surface area (TPSA) is 13.1 Å². The molecule has 2 nitrogen and oxygen atoms in total. The molecule has 2 heterocycles. The fourth-order valence-corrected chi connectivity index (χ4v) is 2.59. The number of hydrogen-bond donors (Lipinski definition) is 0. The zero-order valence-electron chi connectivity index (χ0n) is 10.4. The summed E-state index contributed by atoms with van der Waals surface area (Å²) in [7, 11) is 2.06. The van der Waals surface area contributed by atoms with Crippen LogP contribution in [0.4, 0.5) is 0 Å². The third-order valence-corrected chi connectivity index (χ3v) is 3.43. The van der Waals surface area contributed by atoms with Crippen LogP contribution in [0.5, 0.6) is 5.75 Å². The van der Waals surface area contributed by atoms with Gasteiger partial charge in [0.2, 0.25) is 0 Å². The molecule has 0 radical (unpaired) electrons. The van der Waals surface area contributed by atoms with E-state index in [2.05, 4.69) is 49.9 Å². The van der Waals surface area contributed by atoms with Crippen molar-refractivity contribution in [3.63, 3.8) is 0 Å². The normalized spacial score (nSPS) is 17.0. The molecule has 86 valence electrons. The molecule has 0 bridgehead atoms. The second-order valence-electron chi connectivity index (χ2n) is 4.63. The van der Waals surface area contributed by atoms with Crippen molar-refractivity contribution < 1.29 is 9.30 Å². The Kier molecular flexibility index (Phi) is 2.18. The van der Waals surface area contributed by atoms with E-state index in [-0.39, 0.29) is 6.10 Å². The minimum Gasteiger partial charge on any atom is -0.479 e. The fraction of sp³-hybridized carbons (Fsp3) is 0.267. The summed E-state index contributed by atoms with van der Waals surface area (Å²) in [6.45, 7) is 4.27. The number of pyridine rings is 1. The number of fused-ring (bicyclic) bond motifs is 3. The minimum absolute atomic E-state index is 0.125. The van der Waals surface area contributed by atoms with E-state index < -0.39 is 0 Å². The number of aromatic nitrogens is 1. The average molecular weight is 226 g/mol. The molecule has 0 amide bonds. The lowest BCUT2D eigenvalue weighted by Crippen LogP contribution is -2.33. The summed E-state index contributed by atoms with van der Waals surface area (Å²) >= 11 is 0. The largest absolute Gasteiger partial charge is 0.479 e. The number of ether oxygens (including phenoxy) is 1. The van der Waals surface area contributed by atoms with Gasteiger partial charge in [0.15, 0.2) is 11.9 Å². The Hall–Kier alpha value is -1.83. The summed E-state index contributed by atoms with van der Waals surface area (Å²) in [5.41, 5.74) is 5.09. The van der Waals surface area contributed by atoms with Crippen molar-refractivity contribution in [3.8, 4) is 17.0 Å². The zero-order chi connectivity index (χ0) is 12.0. The van der Waals surface area contributed by atoms with Crippen molar-refractivity contribution in [3.05, 3.63) is 47.7 Å². The molecule has 2 heteroatoms. The average Bonchev–Trinajstić information content (AvgIpc) is 2.30. The predicted molar refractivity (Wildman–Crippen MR) is 66.8 cm³/mol. The monoisotopic (exact) mass is 226 g/mol. The maximum absolute atomic E-state index is 5.97. The van der Waals surface area contributed by atoms with E-state index in [1.54, 1.807) is 0 Å².